The first-order valence-corrected chi connectivity index (χ1v) is 6.12. The lowest BCUT2D eigenvalue weighted by atomic mass is 10.1. The van der Waals surface area contributed by atoms with Crippen LogP contribution in [0.4, 0.5) is 0 Å². The zero-order valence-electron chi connectivity index (χ0n) is 11.0. The van der Waals surface area contributed by atoms with Crippen molar-refractivity contribution >= 4 is 0 Å². The van der Waals surface area contributed by atoms with Crippen LogP contribution in [0.5, 0.6) is 0 Å². The first-order chi connectivity index (χ1) is 6.86. The molecular formula is C12H29NO. The molecule has 0 aromatic heterocycles. The molecule has 0 aliphatic carbocycles. The predicted molar refractivity (Wildman–Crippen MR) is 64.8 cm³/mol. The minimum atomic E-state index is 0.530. The van der Waals surface area contributed by atoms with Crippen LogP contribution in [0.2, 0.25) is 0 Å². The van der Waals surface area contributed by atoms with Gasteiger partial charge < -0.3 is 9.64 Å². The quantitative estimate of drug-likeness (QED) is 0.683. The molecule has 0 spiro atoms. The third kappa shape index (κ3) is 7.34. The predicted octanol–water partition coefficient (Wildman–Crippen LogP) is 3.17. The molecule has 88 valence electrons. The molecule has 2 heteroatoms. The Hall–Kier alpha value is -0.0800. The Labute approximate surface area is 90.6 Å². The van der Waals surface area contributed by atoms with Crippen molar-refractivity contribution in [1.82, 2.24) is 4.90 Å². The van der Waals surface area contributed by atoms with Crippen molar-refractivity contribution < 1.29 is 4.74 Å². The van der Waals surface area contributed by atoms with Gasteiger partial charge in [-0.15, -0.1) is 0 Å². The van der Waals surface area contributed by atoms with Crippen molar-refractivity contribution in [3.8, 4) is 0 Å². The van der Waals surface area contributed by atoms with Crippen molar-refractivity contribution in [2.75, 3.05) is 26.7 Å². The standard InChI is InChI=1S/C8H17NO.2C2H6/c1-3-9-6-4-8(10-2)5-7-9;2*1-2/h8H,3-7H2,1-2H3;2*1-2H3. The molecule has 1 saturated heterocycles. The summed E-state index contributed by atoms with van der Waals surface area (Å²) >= 11 is 0. The average Bonchev–Trinajstić information content (AvgIpc) is 2.34. The second-order valence-corrected chi connectivity index (χ2v) is 2.87. The zero-order valence-corrected chi connectivity index (χ0v) is 11.0. The van der Waals surface area contributed by atoms with Crippen LogP contribution in [-0.4, -0.2) is 37.7 Å². The zero-order chi connectivity index (χ0) is 11.4. The Morgan fingerprint density at radius 3 is 1.79 bits per heavy atom. The second kappa shape index (κ2) is 12.9. The highest BCUT2D eigenvalue weighted by atomic mass is 16.5. The molecule has 0 aromatic carbocycles. The summed E-state index contributed by atoms with van der Waals surface area (Å²) < 4.78 is 5.26. The van der Waals surface area contributed by atoms with Crippen molar-refractivity contribution in [2.45, 2.75) is 53.6 Å². The molecule has 1 aliphatic heterocycles. The maximum atomic E-state index is 5.26. The van der Waals surface area contributed by atoms with Gasteiger partial charge in [-0.25, -0.2) is 0 Å². The molecule has 14 heavy (non-hydrogen) atoms. The number of rotatable bonds is 2. The molecule has 1 fully saturated rings. The summed E-state index contributed by atoms with van der Waals surface area (Å²) in [4.78, 5) is 2.47. The third-order valence-corrected chi connectivity index (χ3v) is 2.32. The Balaban J connectivity index is 0. The molecule has 0 radical (unpaired) electrons. The maximum absolute atomic E-state index is 5.26. The topological polar surface area (TPSA) is 12.5 Å². The van der Waals surface area contributed by atoms with Crippen LogP contribution in [0.25, 0.3) is 0 Å². The highest BCUT2D eigenvalue weighted by Crippen LogP contribution is 2.11. The second-order valence-electron chi connectivity index (χ2n) is 2.87. The fourth-order valence-corrected chi connectivity index (χ4v) is 1.46. The van der Waals surface area contributed by atoms with E-state index >= 15 is 0 Å². The lowest BCUT2D eigenvalue weighted by Crippen LogP contribution is -2.36. The van der Waals surface area contributed by atoms with Gasteiger partial charge in [0.05, 0.1) is 6.10 Å². The number of likely N-dealkylation sites (tertiary alicyclic amines) is 1. The van der Waals surface area contributed by atoms with Crippen molar-refractivity contribution in [1.29, 1.82) is 0 Å². The number of ether oxygens (including phenoxy) is 1. The first-order valence-electron chi connectivity index (χ1n) is 6.12. The van der Waals surface area contributed by atoms with Gasteiger partial charge in [0.15, 0.2) is 0 Å². The van der Waals surface area contributed by atoms with E-state index < -0.39 is 0 Å². The molecule has 0 N–H and O–H groups in total. The van der Waals surface area contributed by atoms with E-state index in [1.54, 1.807) is 0 Å². The van der Waals surface area contributed by atoms with E-state index in [-0.39, 0.29) is 0 Å². The normalized spacial score (nSPS) is 17.6. The molecule has 0 saturated carbocycles. The number of methoxy groups -OCH3 is 1. The Morgan fingerprint density at radius 2 is 1.50 bits per heavy atom. The minimum absolute atomic E-state index is 0.530. The maximum Gasteiger partial charge on any atom is 0.0595 e. The van der Waals surface area contributed by atoms with Crippen LogP contribution in [0.3, 0.4) is 0 Å². The molecule has 2 nitrogen and oxygen atoms in total. The molecule has 1 heterocycles. The molecule has 1 aliphatic rings. The van der Waals surface area contributed by atoms with Gasteiger partial charge in [-0.1, -0.05) is 34.6 Å². The van der Waals surface area contributed by atoms with Gasteiger partial charge in [0.2, 0.25) is 0 Å². The Morgan fingerprint density at radius 1 is 1.07 bits per heavy atom. The van der Waals surface area contributed by atoms with Crippen molar-refractivity contribution in [3.05, 3.63) is 0 Å². The van der Waals surface area contributed by atoms with E-state index in [2.05, 4.69) is 11.8 Å². The van der Waals surface area contributed by atoms with Gasteiger partial charge in [0, 0.05) is 20.2 Å². The SMILES string of the molecule is CC.CC.CCN1CCC(OC)CC1. The van der Waals surface area contributed by atoms with Crippen LogP contribution >= 0.6 is 0 Å². The number of piperidine rings is 1. The van der Waals surface area contributed by atoms with Crippen LogP contribution < -0.4 is 0 Å². The van der Waals surface area contributed by atoms with E-state index in [9.17, 15) is 0 Å². The van der Waals surface area contributed by atoms with Crippen LogP contribution in [-0.2, 0) is 4.74 Å². The van der Waals surface area contributed by atoms with E-state index in [4.69, 9.17) is 4.74 Å². The highest BCUT2D eigenvalue weighted by molar-refractivity contribution is 4.70. The molecular weight excluding hydrogens is 174 g/mol. The van der Waals surface area contributed by atoms with Gasteiger partial charge in [-0.2, -0.15) is 0 Å². The number of hydrogen-bond acceptors (Lipinski definition) is 2. The largest absolute Gasteiger partial charge is 0.381 e. The molecule has 0 bridgehead atoms. The summed E-state index contributed by atoms with van der Waals surface area (Å²) in [6, 6.07) is 0. The Kier molecular flexibility index (Phi) is 15.1. The minimum Gasteiger partial charge on any atom is -0.381 e. The summed E-state index contributed by atoms with van der Waals surface area (Å²) in [6.07, 6.45) is 2.96. The summed E-state index contributed by atoms with van der Waals surface area (Å²) in [5.41, 5.74) is 0. The summed E-state index contributed by atoms with van der Waals surface area (Å²) in [5.74, 6) is 0. The van der Waals surface area contributed by atoms with Crippen molar-refractivity contribution in [2.24, 2.45) is 0 Å². The third-order valence-electron chi connectivity index (χ3n) is 2.32. The van der Waals surface area contributed by atoms with Gasteiger partial charge in [0.25, 0.3) is 0 Å². The summed E-state index contributed by atoms with van der Waals surface area (Å²) in [7, 11) is 1.81. The van der Waals surface area contributed by atoms with Gasteiger partial charge >= 0.3 is 0 Å². The lowest BCUT2D eigenvalue weighted by molar-refractivity contribution is 0.0427. The Bertz CT molecular complexity index is 76.3. The summed E-state index contributed by atoms with van der Waals surface area (Å²) in [5, 5.41) is 0. The van der Waals surface area contributed by atoms with Crippen LogP contribution in [0.15, 0.2) is 0 Å². The molecule has 0 atom stereocenters. The van der Waals surface area contributed by atoms with Gasteiger partial charge in [-0.05, 0) is 19.4 Å². The number of hydrogen-bond donors (Lipinski definition) is 0. The molecule has 1 rings (SSSR count). The monoisotopic (exact) mass is 203 g/mol. The van der Waals surface area contributed by atoms with Crippen molar-refractivity contribution in [3.63, 3.8) is 0 Å². The highest BCUT2D eigenvalue weighted by Gasteiger charge is 2.16. The van der Waals surface area contributed by atoms with E-state index in [1.165, 1.54) is 32.5 Å². The van der Waals surface area contributed by atoms with E-state index in [1.807, 2.05) is 34.8 Å². The fourth-order valence-electron chi connectivity index (χ4n) is 1.46. The lowest BCUT2D eigenvalue weighted by Gasteiger charge is -2.29. The molecule has 0 aromatic rings. The van der Waals surface area contributed by atoms with Gasteiger partial charge in [0.1, 0.15) is 0 Å². The van der Waals surface area contributed by atoms with Crippen LogP contribution in [0, 0.1) is 0 Å². The number of nitrogens with zero attached hydrogens (tertiary/aromatic N) is 1. The molecule has 0 unspecified atom stereocenters. The van der Waals surface area contributed by atoms with E-state index in [0.29, 0.717) is 6.10 Å². The van der Waals surface area contributed by atoms with E-state index in [0.717, 1.165) is 0 Å². The summed E-state index contributed by atoms with van der Waals surface area (Å²) in [6.45, 7) is 13.8. The van der Waals surface area contributed by atoms with Gasteiger partial charge in [-0.3, -0.25) is 0 Å². The first kappa shape index (κ1) is 16.4. The fraction of sp³-hybridized carbons (Fsp3) is 1.00. The molecule has 0 amide bonds. The van der Waals surface area contributed by atoms with Crippen LogP contribution in [0.1, 0.15) is 47.5 Å². The smallest absolute Gasteiger partial charge is 0.0595 e. The average molecular weight is 203 g/mol.